The van der Waals surface area contributed by atoms with Crippen LogP contribution in [-0.2, 0) is 4.74 Å². The molecule has 0 bridgehead atoms. The lowest BCUT2D eigenvalue weighted by Crippen LogP contribution is -2.14. The number of halogens is 1. The van der Waals surface area contributed by atoms with E-state index in [0.717, 1.165) is 31.0 Å². The van der Waals surface area contributed by atoms with E-state index in [4.69, 9.17) is 4.74 Å². The van der Waals surface area contributed by atoms with E-state index < -0.39 is 0 Å². The molecule has 2 unspecified atom stereocenters. The minimum absolute atomic E-state index is 0. The van der Waals surface area contributed by atoms with E-state index >= 15 is 0 Å². The molecule has 1 heterocycles. The van der Waals surface area contributed by atoms with E-state index in [-0.39, 0.29) is 12.4 Å². The highest BCUT2D eigenvalue weighted by Crippen LogP contribution is 2.49. The molecular weight excluding hydrogens is 150 g/mol. The SMILES string of the molecule is CNCC1C2COCC12.Cl. The molecule has 2 nitrogen and oxygen atoms in total. The predicted octanol–water partition coefficient (Wildman–Crippen LogP) is 0.520. The fourth-order valence-corrected chi connectivity index (χ4v) is 1.90. The van der Waals surface area contributed by atoms with Gasteiger partial charge in [-0.3, -0.25) is 0 Å². The number of rotatable bonds is 2. The van der Waals surface area contributed by atoms with Gasteiger partial charge in [0.15, 0.2) is 0 Å². The molecule has 0 aromatic rings. The molecule has 10 heavy (non-hydrogen) atoms. The van der Waals surface area contributed by atoms with Gasteiger partial charge in [0.25, 0.3) is 0 Å². The van der Waals surface area contributed by atoms with Crippen molar-refractivity contribution in [3.8, 4) is 0 Å². The van der Waals surface area contributed by atoms with Gasteiger partial charge in [0.05, 0.1) is 13.2 Å². The monoisotopic (exact) mass is 163 g/mol. The molecule has 2 rings (SSSR count). The Kier molecular flexibility index (Phi) is 2.55. The first-order valence-electron chi connectivity index (χ1n) is 3.66. The Morgan fingerprint density at radius 1 is 1.40 bits per heavy atom. The van der Waals surface area contributed by atoms with E-state index in [2.05, 4.69) is 5.32 Å². The zero-order valence-corrected chi connectivity index (χ0v) is 6.99. The summed E-state index contributed by atoms with van der Waals surface area (Å²) in [4.78, 5) is 0. The van der Waals surface area contributed by atoms with E-state index in [1.165, 1.54) is 6.54 Å². The van der Waals surface area contributed by atoms with Crippen LogP contribution in [0.25, 0.3) is 0 Å². The Labute approximate surface area is 67.7 Å². The van der Waals surface area contributed by atoms with Crippen molar-refractivity contribution in [1.82, 2.24) is 5.32 Å². The third-order valence-corrected chi connectivity index (χ3v) is 2.57. The molecule has 1 saturated carbocycles. The summed E-state index contributed by atoms with van der Waals surface area (Å²) in [5.41, 5.74) is 0. The zero-order chi connectivity index (χ0) is 6.27. The molecule has 1 saturated heterocycles. The lowest BCUT2D eigenvalue weighted by Gasteiger charge is -2.00. The van der Waals surface area contributed by atoms with Crippen molar-refractivity contribution in [2.24, 2.45) is 17.8 Å². The molecule has 1 N–H and O–H groups in total. The van der Waals surface area contributed by atoms with Gasteiger partial charge in [0.1, 0.15) is 0 Å². The number of hydrogen-bond acceptors (Lipinski definition) is 2. The average molecular weight is 164 g/mol. The van der Waals surface area contributed by atoms with Crippen molar-refractivity contribution in [2.45, 2.75) is 0 Å². The van der Waals surface area contributed by atoms with Crippen LogP contribution in [0.2, 0.25) is 0 Å². The van der Waals surface area contributed by atoms with Gasteiger partial charge < -0.3 is 10.1 Å². The highest BCUT2D eigenvalue weighted by Gasteiger charge is 2.52. The fourth-order valence-electron chi connectivity index (χ4n) is 1.90. The van der Waals surface area contributed by atoms with Gasteiger partial charge in [0.2, 0.25) is 0 Å². The van der Waals surface area contributed by atoms with Crippen molar-refractivity contribution < 1.29 is 4.74 Å². The van der Waals surface area contributed by atoms with Crippen molar-refractivity contribution in [3.63, 3.8) is 0 Å². The molecule has 0 spiro atoms. The maximum Gasteiger partial charge on any atom is 0.0501 e. The molecule has 2 atom stereocenters. The first-order valence-corrected chi connectivity index (χ1v) is 3.66. The molecular formula is C7H14ClNO. The summed E-state index contributed by atoms with van der Waals surface area (Å²) in [6, 6.07) is 0. The standard InChI is InChI=1S/C7H13NO.ClH/c1-8-2-5-6-3-9-4-7(5)6;/h5-8H,2-4H2,1H3;1H. The first-order chi connectivity index (χ1) is 4.43. The first kappa shape index (κ1) is 8.31. The molecule has 0 amide bonds. The summed E-state index contributed by atoms with van der Waals surface area (Å²) >= 11 is 0. The van der Waals surface area contributed by atoms with Crippen molar-refractivity contribution in [1.29, 1.82) is 0 Å². The summed E-state index contributed by atoms with van der Waals surface area (Å²) in [6.45, 7) is 3.24. The Morgan fingerprint density at radius 2 is 2.00 bits per heavy atom. The molecule has 1 aliphatic carbocycles. The highest BCUT2D eigenvalue weighted by atomic mass is 35.5. The van der Waals surface area contributed by atoms with Crippen LogP contribution in [0.5, 0.6) is 0 Å². The van der Waals surface area contributed by atoms with Gasteiger partial charge in [0, 0.05) is 0 Å². The van der Waals surface area contributed by atoms with Gasteiger partial charge in [-0.1, -0.05) is 0 Å². The van der Waals surface area contributed by atoms with Crippen molar-refractivity contribution in [3.05, 3.63) is 0 Å². The predicted molar refractivity (Wildman–Crippen MR) is 42.5 cm³/mol. The Bertz CT molecular complexity index is 110. The van der Waals surface area contributed by atoms with E-state index in [9.17, 15) is 0 Å². The van der Waals surface area contributed by atoms with E-state index in [1.807, 2.05) is 7.05 Å². The number of nitrogens with one attached hydrogen (secondary N) is 1. The van der Waals surface area contributed by atoms with Crippen LogP contribution in [0.15, 0.2) is 0 Å². The molecule has 60 valence electrons. The summed E-state index contributed by atoms with van der Waals surface area (Å²) in [7, 11) is 2.02. The van der Waals surface area contributed by atoms with Gasteiger partial charge >= 0.3 is 0 Å². The van der Waals surface area contributed by atoms with E-state index in [1.54, 1.807) is 0 Å². The minimum Gasteiger partial charge on any atom is -0.381 e. The second-order valence-electron chi connectivity index (χ2n) is 3.09. The molecule has 3 heteroatoms. The third-order valence-electron chi connectivity index (χ3n) is 2.57. The maximum absolute atomic E-state index is 5.26. The lowest BCUT2D eigenvalue weighted by atomic mass is 10.3. The average Bonchev–Trinajstić information content (AvgIpc) is 2.39. The fraction of sp³-hybridized carbons (Fsp3) is 1.00. The smallest absolute Gasteiger partial charge is 0.0501 e. The lowest BCUT2D eigenvalue weighted by molar-refractivity contribution is 0.151. The normalized spacial score (nSPS) is 42.3. The number of fused-ring (bicyclic) bond motifs is 1. The topological polar surface area (TPSA) is 21.3 Å². The van der Waals surface area contributed by atoms with Crippen LogP contribution in [0.1, 0.15) is 0 Å². The Hall–Kier alpha value is 0.210. The molecule has 0 aromatic heterocycles. The molecule has 2 aliphatic rings. The second kappa shape index (κ2) is 3.07. The van der Waals surface area contributed by atoms with Crippen molar-refractivity contribution in [2.75, 3.05) is 26.8 Å². The van der Waals surface area contributed by atoms with Gasteiger partial charge in [-0.2, -0.15) is 0 Å². The minimum atomic E-state index is 0. The van der Waals surface area contributed by atoms with Crippen LogP contribution < -0.4 is 5.32 Å². The number of hydrogen-bond donors (Lipinski definition) is 1. The number of ether oxygens (including phenoxy) is 1. The second-order valence-corrected chi connectivity index (χ2v) is 3.09. The van der Waals surface area contributed by atoms with Crippen molar-refractivity contribution >= 4 is 12.4 Å². The van der Waals surface area contributed by atoms with Crippen LogP contribution >= 0.6 is 12.4 Å². The van der Waals surface area contributed by atoms with E-state index in [0.29, 0.717) is 0 Å². The highest BCUT2D eigenvalue weighted by molar-refractivity contribution is 5.85. The molecule has 0 radical (unpaired) electrons. The van der Waals surface area contributed by atoms with Crippen LogP contribution in [-0.4, -0.2) is 26.8 Å². The third kappa shape index (κ3) is 1.16. The molecule has 0 aromatic carbocycles. The van der Waals surface area contributed by atoms with Gasteiger partial charge in [-0.05, 0) is 31.3 Å². The summed E-state index contributed by atoms with van der Waals surface area (Å²) < 4.78 is 5.26. The van der Waals surface area contributed by atoms with Crippen LogP contribution in [0.3, 0.4) is 0 Å². The largest absolute Gasteiger partial charge is 0.381 e. The van der Waals surface area contributed by atoms with Crippen LogP contribution in [0.4, 0.5) is 0 Å². The van der Waals surface area contributed by atoms with Gasteiger partial charge in [-0.15, -0.1) is 12.4 Å². The maximum atomic E-state index is 5.26. The molecule has 1 aliphatic heterocycles. The quantitative estimate of drug-likeness (QED) is 0.641. The van der Waals surface area contributed by atoms with Crippen LogP contribution in [0, 0.1) is 17.8 Å². The molecule has 2 fully saturated rings. The zero-order valence-electron chi connectivity index (χ0n) is 6.17. The summed E-state index contributed by atoms with van der Waals surface area (Å²) in [6.07, 6.45) is 0. The summed E-state index contributed by atoms with van der Waals surface area (Å²) in [5, 5.41) is 3.20. The Balaban J connectivity index is 0.000000500. The van der Waals surface area contributed by atoms with Gasteiger partial charge in [-0.25, -0.2) is 0 Å². The summed E-state index contributed by atoms with van der Waals surface area (Å²) in [5.74, 6) is 2.78. The Morgan fingerprint density at radius 3 is 2.50 bits per heavy atom.